The van der Waals surface area contributed by atoms with E-state index in [4.69, 9.17) is 0 Å². The minimum Gasteiger partial charge on any atom is -0.502 e. The second kappa shape index (κ2) is 6.36. The maximum atomic E-state index is 12.0. The van der Waals surface area contributed by atoms with Crippen LogP contribution in [0.3, 0.4) is 0 Å². The molecule has 0 aliphatic rings. The molecule has 0 fully saturated rings. The van der Waals surface area contributed by atoms with Gasteiger partial charge in [-0.1, -0.05) is 13.0 Å². The van der Waals surface area contributed by atoms with Gasteiger partial charge in [-0.15, -0.1) is 11.3 Å². The van der Waals surface area contributed by atoms with Crippen LogP contribution < -0.4 is 5.32 Å². The van der Waals surface area contributed by atoms with Crippen molar-refractivity contribution in [2.75, 3.05) is 6.54 Å². The van der Waals surface area contributed by atoms with Gasteiger partial charge in [-0.05, 0) is 23.6 Å². The predicted octanol–water partition coefficient (Wildman–Crippen LogP) is 2.90. The van der Waals surface area contributed by atoms with Crippen molar-refractivity contribution in [1.29, 1.82) is 0 Å². The maximum absolute atomic E-state index is 12.0. The molecule has 1 amide bonds. The number of aromatic hydroxyl groups is 1. The normalized spacial score (nSPS) is 11.9. The molecule has 2 N–H and O–H groups in total. The van der Waals surface area contributed by atoms with Crippen LogP contribution in [0.4, 0.5) is 5.69 Å². The van der Waals surface area contributed by atoms with Crippen LogP contribution in [-0.4, -0.2) is 22.5 Å². The third kappa shape index (κ3) is 3.57. The number of thiophene rings is 1. The molecule has 0 spiro atoms. The number of nitrogens with one attached hydrogen (secondary N) is 1. The topological polar surface area (TPSA) is 92.5 Å². The van der Waals surface area contributed by atoms with Crippen LogP contribution in [0.5, 0.6) is 5.75 Å². The van der Waals surface area contributed by atoms with Gasteiger partial charge in [-0.3, -0.25) is 14.9 Å². The Hall–Kier alpha value is -2.41. The van der Waals surface area contributed by atoms with Crippen LogP contribution in [0.2, 0.25) is 0 Å². The number of phenolic OH excluding ortho intramolecular Hbond substituents is 1. The van der Waals surface area contributed by atoms with E-state index in [1.54, 1.807) is 11.3 Å². The fourth-order valence-corrected chi connectivity index (χ4v) is 2.62. The zero-order valence-corrected chi connectivity index (χ0v) is 12.1. The standard InChI is InChI=1S/C14H14N2O4S/c1-9(13-3-2-6-21-13)8-15-14(18)10-4-5-12(17)11(7-10)16(19)20/h2-7,9,17H,8H2,1H3,(H,15,18). The van der Waals surface area contributed by atoms with Crippen molar-refractivity contribution in [3.63, 3.8) is 0 Å². The molecule has 2 rings (SSSR count). The highest BCUT2D eigenvalue weighted by Gasteiger charge is 2.17. The van der Waals surface area contributed by atoms with Gasteiger partial charge < -0.3 is 10.4 Å². The molecule has 21 heavy (non-hydrogen) atoms. The number of hydrogen-bond acceptors (Lipinski definition) is 5. The van der Waals surface area contributed by atoms with Gasteiger partial charge >= 0.3 is 5.69 Å². The number of carbonyl (C=O) groups is 1. The summed E-state index contributed by atoms with van der Waals surface area (Å²) < 4.78 is 0. The van der Waals surface area contributed by atoms with Crippen LogP contribution in [0.15, 0.2) is 35.7 Å². The first-order chi connectivity index (χ1) is 9.99. The summed E-state index contributed by atoms with van der Waals surface area (Å²) in [5.41, 5.74) is -0.327. The third-order valence-corrected chi connectivity index (χ3v) is 4.14. The number of rotatable bonds is 5. The number of phenols is 1. The minimum atomic E-state index is -0.722. The van der Waals surface area contributed by atoms with E-state index in [2.05, 4.69) is 5.32 Å². The maximum Gasteiger partial charge on any atom is 0.311 e. The van der Waals surface area contributed by atoms with Crippen molar-refractivity contribution in [2.45, 2.75) is 12.8 Å². The number of nitro benzene ring substituents is 1. The molecule has 1 heterocycles. The molecule has 0 aliphatic carbocycles. The Morgan fingerprint density at radius 1 is 1.48 bits per heavy atom. The van der Waals surface area contributed by atoms with Gasteiger partial charge in [0.1, 0.15) is 0 Å². The van der Waals surface area contributed by atoms with Crippen LogP contribution >= 0.6 is 11.3 Å². The van der Waals surface area contributed by atoms with Crippen LogP contribution in [-0.2, 0) is 0 Å². The summed E-state index contributed by atoms with van der Waals surface area (Å²) in [7, 11) is 0. The molecular weight excluding hydrogens is 292 g/mol. The van der Waals surface area contributed by atoms with Gasteiger partial charge in [-0.2, -0.15) is 0 Å². The van der Waals surface area contributed by atoms with Gasteiger partial charge in [-0.25, -0.2) is 0 Å². The summed E-state index contributed by atoms with van der Waals surface area (Å²) in [6.45, 7) is 2.43. The third-order valence-electron chi connectivity index (χ3n) is 3.03. The van der Waals surface area contributed by atoms with Crippen LogP contribution in [0, 0.1) is 10.1 Å². The highest BCUT2D eigenvalue weighted by molar-refractivity contribution is 7.10. The van der Waals surface area contributed by atoms with E-state index in [1.807, 2.05) is 24.4 Å². The van der Waals surface area contributed by atoms with E-state index >= 15 is 0 Å². The zero-order valence-electron chi connectivity index (χ0n) is 11.3. The molecule has 0 saturated carbocycles. The Kier molecular flexibility index (Phi) is 4.54. The van der Waals surface area contributed by atoms with Gasteiger partial charge in [0, 0.05) is 29.0 Å². The van der Waals surface area contributed by atoms with Gasteiger partial charge in [0.15, 0.2) is 5.75 Å². The highest BCUT2D eigenvalue weighted by atomic mass is 32.1. The Bertz CT molecular complexity index is 655. The van der Waals surface area contributed by atoms with E-state index in [-0.39, 0.29) is 11.5 Å². The first-order valence-corrected chi connectivity index (χ1v) is 7.16. The van der Waals surface area contributed by atoms with Crippen molar-refractivity contribution in [1.82, 2.24) is 5.32 Å². The number of nitrogens with zero attached hydrogens (tertiary/aromatic N) is 1. The van der Waals surface area contributed by atoms with E-state index < -0.39 is 22.3 Å². The predicted molar refractivity (Wildman–Crippen MR) is 79.8 cm³/mol. The summed E-state index contributed by atoms with van der Waals surface area (Å²) in [6.07, 6.45) is 0. The average Bonchev–Trinajstić information content (AvgIpc) is 2.98. The lowest BCUT2D eigenvalue weighted by atomic mass is 10.1. The summed E-state index contributed by atoms with van der Waals surface area (Å²) in [5.74, 6) is -0.689. The second-order valence-corrected chi connectivity index (χ2v) is 5.57. The fourth-order valence-electron chi connectivity index (χ4n) is 1.83. The molecule has 110 valence electrons. The molecule has 1 aromatic heterocycles. The number of amides is 1. The molecule has 1 aromatic carbocycles. The Morgan fingerprint density at radius 2 is 2.24 bits per heavy atom. The molecule has 0 radical (unpaired) electrons. The lowest BCUT2D eigenvalue weighted by Gasteiger charge is -2.11. The lowest BCUT2D eigenvalue weighted by Crippen LogP contribution is -2.27. The Labute approximate surface area is 125 Å². The van der Waals surface area contributed by atoms with Crippen LogP contribution in [0.25, 0.3) is 0 Å². The Balaban J connectivity index is 2.04. The molecule has 7 heteroatoms. The average molecular weight is 306 g/mol. The summed E-state index contributed by atoms with van der Waals surface area (Å²) in [6, 6.07) is 7.51. The van der Waals surface area contributed by atoms with Crippen molar-refractivity contribution < 1.29 is 14.8 Å². The number of carbonyl (C=O) groups excluding carboxylic acids is 1. The number of hydrogen-bond donors (Lipinski definition) is 2. The molecule has 0 bridgehead atoms. The summed E-state index contributed by atoms with van der Waals surface area (Å²) in [5, 5.41) is 24.8. The van der Waals surface area contributed by atoms with Crippen molar-refractivity contribution in [3.05, 3.63) is 56.3 Å². The van der Waals surface area contributed by atoms with E-state index in [9.17, 15) is 20.0 Å². The highest BCUT2D eigenvalue weighted by Crippen LogP contribution is 2.26. The summed E-state index contributed by atoms with van der Waals surface area (Å²) >= 11 is 1.61. The summed E-state index contributed by atoms with van der Waals surface area (Å²) in [4.78, 5) is 23.2. The number of nitro groups is 1. The first-order valence-electron chi connectivity index (χ1n) is 6.28. The molecule has 1 atom stereocenters. The van der Waals surface area contributed by atoms with Crippen molar-refractivity contribution in [2.24, 2.45) is 0 Å². The van der Waals surface area contributed by atoms with Gasteiger partial charge in [0.25, 0.3) is 5.91 Å². The monoisotopic (exact) mass is 306 g/mol. The van der Waals surface area contributed by atoms with Crippen molar-refractivity contribution >= 4 is 22.9 Å². The molecule has 0 aliphatic heterocycles. The van der Waals surface area contributed by atoms with E-state index in [0.717, 1.165) is 17.0 Å². The smallest absolute Gasteiger partial charge is 0.311 e. The molecule has 6 nitrogen and oxygen atoms in total. The molecule has 1 unspecified atom stereocenters. The van der Waals surface area contributed by atoms with Crippen molar-refractivity contribution in [3.8, 4) is 5.75 Å². The largest absolute Gasteiger partial charge is 0.502 e. The fraction of sp³-hybridized carbons (Fsp3) is 0.214. The quantitative estimate of drug-likeness (QED) is 0.656. The minimum absolute atomic E-state index is 0.151. The zero-order chi connectivity index (χ0) is 15.4. The lowest BCUT2D eigenvalue weighted by molar-refractivity contribution is -0.385. The van der Waals surface area contributed by atoms with E-state index in [1.165, 1.54) is 6.07 Å². The molecular formula is C14H14N2O4S. The van der Waals surface area contributed by atoms with Crippen LogP contribution in [0.1, 0.15) is 28.1 Å². The SMILES string of the molecule is CC(CNC(=O)c1ccc(O)c([N+](=O)[O-])c1)c1cccs1. The number of benzene rings is 1. The molecule has 2 aromatic rings. The van der Waals surface area contributed by atoms with Gasteiger partial charge in [0.05, 0.1) is 4.92 Å². The van der Waals surface area contributed by atoms with Gasteiger partial charge in [0.2, 0.25) is 0 Å². The van der Waals surface area contributed by atoms with E-state index in [0.29, 0.717) is 6.54 Å². The molecule has 0 saturated heterocycles. The Morgan fingerprint density at radius 3 is 2.86 bits per heavy atom. The second-order valence-electron chi connectivity index (χ2n) is 4.59. The first kappa shape index (κ1) is 15.0.